The van der Waals surface area contributed by atoms with Crippen LogP contribution in [0.4, 0.5) is 0 Å². The first-order valence-electron chi connectivity index (χ1n) is 12.2. The van der Waals surface area contributed by atoms with Crippen molar-refractivity contribution >= 4 is 59.8 Å². The first-order valence-corrected chi connectivity index (χ1v) is 12.2. The Balaban J connectivity index is 1.52. The predicted octanol–water partition coefficient (Wildman–Crippen LogP) is 3.87. The van der Waals surface area contributed by atoms with Gasteiger partial charge in [-0.1, -0.05) is 54.6 Å². The molecule has 0 aromatic heterocycles. The summed E-state index contributed by atoms with van der Waals surface area (Å²) in [5, 5.41) is 60.8. The first kappa shape index (κ1) is 22.9. The van der Waals surface area contributed by atoms with Crippen molar-refractivity contribution in [1.82, 2.24) is 0 Å². The number of phenolic OH excluding ortho intramolecular Hbond substituents is 1. The highest BCUT2D eigenvalue weighted by Gasteiger charge is 2.48. The summed E-state index contributed by atoms with van der Waals surface area (Å²) in [5.74, 6) is -1.80. The van der Waals surface area contributed by atoms with Crippen molar-refractivity contribution in [3.63, 3.8) is 0 Å². The molecule has 0 aliphatic carbocycles. The van der Waals surface area contributed by atoms with Gasteiger partial charge in [0.05, 0.1) is 0 Å². The molecule has 1 saturated heterocycles. The molecule has 190 valence electrons. The summed E-state index contributed by atoms with van der Waals surface area (Å²) in [6.45, 7) is 0. The third-order valence-corrected chi connectivity index (χ3v) is 7.61. The average molecular weight is 510 g/mol. The third kappa shape index (κ3) is 3.09. The molecule has 0 saturated carbocycles. The highest BCUT2D eigenvalue weighted by molar-refractivity contribution is 6.38. The lowest BCUT2D eigenvalue weighted by molar-refractivity contribution is -0.271. The summed E-state index contributed by atoms with van der Waals surface area (Å²) in [5.41, 5.74) is 0. The van der Waals surface area contributed by atoms with Crippen LogP contribution in [-0.2, 0) is 9.53 Å². The van der Waals surface area contributed by atoms with E-state index in [2.05, 4.69) is 24.3 Å². The van der Waals surface area contributed by atoms with E-state index in [0.29, 0.717) is 5.39 Å². The summed E-state index contributed by atoms with van der Waals surface area (Å²) < 4.78 is 11.2. The molecule has 0 spiro atoms. The molecule has 6 aromatic rings. The lowest BCUT2D eigenvalue weighted by atomic mass is 9.86. The molecule has 6 aromatic carbocycles. The zero-order valence-corrected chi connectivity index (χ0v) is 19.8. The largest absolute Gasteiger partial charge is 0.504 e. The number of aliphatic carboxylic acids is 1. The van der Waals surface area contributed by atoms with Crippen LogP contribution in [0.25, 0.3) is 53.9 Å². The molecule has 1 aliphatic heterocycles. The van der Waals surface area contributed by atoms with Crippen LogP contribution in [0.3, 0.4) is 0 Å². The summed E-state index contributed by atoms with van der Waals surface area (Å²) >= 11 is 0. The lowest BCUT2D eigenvalue weighted by Crippen LogP contribution is -2.61. The van der Waals surface area contributed by atoms with Gasteiger partial charge in [0.1, 0.15) is 18.3 Å². The van der Waals surface area contributed by atoms with Gasteiger partial charge in [-0.2, -0.15) is 0 Å². The van der Waals surface area contributed by atoms with Gasteiger partial charge in [0.2, 0.25) is 6.29 Å². The molecule has 5 N–H and O–H groups in total. The Morgan fingerprint density at radius 1 is 0.684 bits per heavy atom. The van der Waals surface area contributed by atoms with E-state index in [0.717, 1.165) is 48.5 Å². The van der Waals surface area contributed by atoms with E-state index in [4.69, 9.17) is 9.47 Å². The maximum atomic E-state index is 11.6. The molecule has 1 fully saturated rings. The Morgan fingerprint density at radius 3 is 2.16 bits per heavy atom. The number of aliphatic hydroxyl groups excluding tert-OH is 3. The number of carboxylic acid groups (broad SMARTS) is 1. The minimum atomic E-state index is -1.85. The van der Waals surface area contributed by atoms with Crippen LogP contribution in [0.5, 0.6) is 11.5 Å². The SMILES string of the molecule is O=C(O)[C@H]1O[C@@H](Oc2c(O)ccc3c2cc2ccc4cccc5c6ccccc6c3c2c45)[C@H](O)[C@@H](O)[C@@H]1O. The summed E-state index contributed by atoms with van der Waals surface area (Å²) in [7, 11) is 0. The van der Waals surface area contributed by atoms with Crippen LogP contribution in [0.15, 0.2) is 72.8 Å². The average Bonchev–Trinajstić information content (AvgIpc) is 2.93. The molecule has 0 bridgehead atoms. The fourth-order valence-electron chi connectivity index (χ4n) is 5.85. The standard InChI is InChI=1S/C30H22O8/c31-20-11-10-18-19(27(20)37-30-26(34)24(32)25(33)28(38-30)29(35)36)12-14-9-8-13-4-3-7-16-15-5-1-2-6-17(15)23(18)22(14)21(13)16/h1-12,24-26,28,30-34H,(H,35,36)/t24-,25-,26+,28-,30+/m0/s1. The molecule has 0 unspecified atom stereocenters. The number of fused-ring (bicyclic) bond motifs is 5. The second-order valence-electron chi connectivity index (χ2n) is 9.73. The van der Waals surface area contributed by atoms with Gasteiger partial charge in [-0.3, -0.25) is 0 Å². The maximum Gasteiger partial charge on any atom is 0.335 e. The minimum absolute atomic E-state index is 0.0335. The van der Waals surface area contributed by atoms with Crippen molar-refractivity contribution in [3.8, 4) is 11.5 Å². The highest BCUT2D eigenvalue weighted by atomic mass is 16.7. The number of carboxylic acids is 1. The quantitative estimate of drug-likeness (QED) is 0.179. The predicted molar refractivity (Wildman–Crippen MR) is 142 cm³/mol. The number of phenols is 1. The third-order valence-electron chi connectivity index (χ3n) is 7.61. The van der Waals surface area contributed by atoms with Gasteiger partial charge in [0.25, 0.3) is 0 Å². The number of aromatic hydroxyl groups is 1. The Bertz CT molecular complexity index is 1900. The molecule has 7 rings (SSSR count). The molecular weight excluding hydrogens is 488 g/mol. The van der Waals surface area contributed by atoms with Crippen LogP contribution < -0.4 is 4.74 Å². The van der Waals surface area contributed by atoms with Crippen LogP contribution in [0.1, 0.15) is 0 Å². The first-order chi connectivity index (χ1) is 18.3. The lowest BCUT2D eigenvalue weighted by Gasteiger charge is -2.38. The Morgan fingerprint density at radius 2 is 1.37 bits per heavy atom. The van der Waals surface area contributed by atoms with E-state index in [1.165, 1.54) is 6.07 Å². The Hall–Kier alpha value is -4.21. The minimum Gasteiger partial charge on any atom is -0.504 e. The number of carbonyl (C=O) groups is 1. The maximum absolute atomic E-state index is 11.6. The van der Waals surface area contributed by atoms with Crippen molar-refractivity contribution in [2.75, 3.05) is 0 Å². The number of ether oxygens (including phenoxy) is 2. The van der Waals surface area contributed by atoms with Gasteiger partial charge < -0.3 is 35.0 Å². The number of aliphatic hydroxyl groups is 3. The Labute approximate surface area is 214 Å². The van der Waals surface area contributed by atoms with E-state index in [1.807, 2.05) is 36.4 Å². The normalized spacial score (nSPS) is 24.1. The van der Waals surface area contributed by atoms with Gasteiger partial charge in [-0.25, -0.2) is 4.79 Å². The number of hydrogen-bond donors (Lipinski definition) is 5. The van der Waals surface area contributed by atoms with E-state index in [1.54, 1.807) is 6.07 Å². The summed E-state index contributed by atoms with van der Waals surface area (Å²) in [4.78, 5) is 11.6. The van der Waals surface area contributed by atoms with Crippen LogP contribution >= 0.6 is 0 Å². The van der Waals surface area contributed by atoms with E-state index in [9.17, 15) is 30.3 Å². The van der Waals surface area contributed by atoms with E-state index < -0.39 is 36.7 Å². The molecule has 8 nitrogen and oxygen atoms in total. The van der Waals surface area contributed by atoms with Gasteiger partial charge in [0.15, 0.2) is 17.6 Å². The number of rotatable bonds is 3. The molecular formula is C30H22O8. The van der Waals surface area contributed by atoms with Crippen molar-refractivity contribution in [1.29, 1.82) is 0 Å². The van der Waals surface area contributed by atoms with Crippen LogP contribution in [0, 0.1) is 0 Å². The number of benzene rings is 6. The molecule has 0 amide bonds. The zero-order valence-electron chi connectivity index (χ0n) is 19.8. The van der Waals surface area contributed by atoms with Crippen molar-refractivity contribution in [2.45, 2.75) is 30.7 Å². The highest BCUT2D eigenvalue weighted by Crippen LogP contribution is 2.47. The van der Waals surface area contributed by atoms with Crippen molar-refractivity contribution < 1.29 is 39.8 Å². The molecule has 1 aliphatic rings. The monoisotopic (exact) mass is 510 g/mol. The van der Waals surface area contributed by atoms with Crippen molar-refractivity contribution in [2.24, 2.45) is 0 Å². The smallest absolute Gasteiger partial charge is 0.335 e. The summed E-state index contributed by atoms with van der Waals surface area (Å²) in [6.07, 6.45) is -8.93. The number of hydrogen-bond acceptors (Lipinski definition) is 7. The van der Waals surface area contributed by atoms with Crippen molar-refractivity contribution in [3.05, 3.63) is 72.8 Å². The molecule has 0 radical (unpaired) electrons. The van der Waals surface area contributed by atoms with Crippen LogP contribution in [-0.4, -0.2) is 62.2 Å². The Kier molecular flexibility index (Phi) is 4.92. The second-order valence-corrected chi connectivity index (χ2v) is 9.73. The second kappa shape index (κ2) is 8.14. The van der Waals surface area contributed by atoms with Crippen LogP contribution in [0.2, 0.25) is 0 Å². The molecule has 8 heteroatoms. The molecule has 5 atom stereocenters. The zero-order chi connectivity index (χ0) is 26.3. The van der Waals surface area contributed by atoms with Gasteiger partial charge in [0, 0.05) is 5.39 Å². The molecule has 1 heterocycles. The van der Waals surface area contributed by atoms with E-state index in [-0.39, 0.29) is 11.5 Å². The fourth-order valence-corrected chi connectivity index (χ4v) is 5.85. The van der Waals surface area contributed by atoms with Gasteiger partial charge in [-0.15, -0.1) is 0 Å². The fraction of sp³-hybridized carbons (Fsp3) is 0.167. The van der Waals surface area contributed by atoms with Gasteiger partial charge >= 0.3 is 5.97 Å². The molecule has 38 heavy (non-hydrogen) atoms. The topological polar surface area (TPSA) is 137 Å². The van der Waals surface area contributed by atoms with E-state index >= 15 is 0 Å². The summed E-state index contributed by atoms with van der Waals surface area (Å²) in [6, 6.07) is 23.5. The van der Waals surface area contributed by atoms with Gasteiger partial charge in [-0.05, 0) is 66.7 Å².